The molecule has 1 aromatic carbocycles. The van der Waals surface area contributed by atoms with Crippen LogP contribution in [0.5, 0.6) is 11.5 Å². The normalized spacial score (nSPS) is 14.4. The predicted octanol–water partition coefficient (Wildman–Crippen LogP) is 3.46. The molecule has 2 aliphatic rings. The van der Waals surface area contributed by atoms with E-state index in [1.54, 1.807) is 40.4 Å². The standard InChI is InChI=1S/C25H24N6O5S/c1-34-20-10-21-18(9-17(20)15-11-27-28-12-15)23-19(13-36-21)22(29-31(23)16-3-8-37-14-16)24(32)26-4-6-30-5-2-7-35-25(30)33/h3,8-12,14H,2,4-7,13H2,1H3,(H,26,32)(H,27,28). The molecule has 5 heterocycles. The molecule has 3 aromatic heterocycles. The summed E-state index contributed by atoms with van der Waals surface area (Å²) in [6, 6.07) is 5.78. The SMILES string of the molecule is COc1cc2c(cc1-c1cn[nH]c1)-c1c(c(C(=O)NCCN3CCCOC3=O)nn1-c1ccsc1)CO2. The first-order valence-electron chi connectivity index (χ1n) is 11.8. The molecular weight excluding hydrogens is 496 g/mol. The quantitative estimate of drug-likeness (QED) is 0.382. The van der Waals surface area contributed by atoms with Crippen molar-refractivity contribution in [2.75, 3.05) is 33.4 Å². The molecular formula is C25H24N6O5S. The molecule has 1 fully saturated rings. The zero-order valence-electron chi connectivity index (χ0n) is 20.0. The third-order valence-electron chi connectivity index (χ3n) is 6.41. The second-order valence-electron chi connectivity index (χ2n) is 8.60. The third kappa shape index (κ3) is 4.18. The lowest BCUT2D eigenvalue weighted by Gasteiger charge is -2.26. The summed E-state index contributed by atoms with van der Waals surface area (Å²) in [4.78, 5) is 26.8. The van der Waals surface area contributed by atoms with Gasteiger partial charge in [0, 0.05) is 59.5 Å². The minimum absolute atomic E-state index is 0.182. The van der Waals surface area contributed by atoms with Crippen LogP contribution in [0.4, 0.5) is 4.79 Å². The number of rotatable bonds is 7. The number of nitrogens with zero attached hydrogens (tertiary/aromatic N) is 4. The molecule has 37 heavy (non-hydrogen) atoms. The van der Waals surface area contributed by atoms with E-state index in [-0.39, 0.29) is 30.8 Å². The summed E-state index contributed by atoms with van der Waals surface area (Å²) in [7, 11) is 1.61. The highest BCUT2D eigenvalue weighted by molar-refractivity contribution is 7.08. The van der Waals surface area contributed by atoms with Crippen LogP contribution in [0.2, 0.25) is 0 Å². The van der Waals surface area contributed by atoms with E-state index in [4.69, 9.17) is 19.3 Å². The van der Waals surface area contributed by atoms with Crippen LogP contribution in [0.3, 0.4) is 0 Å². The zero-order chi connectivity index (χ0) is 25.4. The smallest absolute Gasteiger partial charge is 0.409 e. The van der Waals surface area contributed by atoms with Crippen molar-refractivity contribution < 1.29 is 23.8 Å². The predicted molar refractivity (Wildman–Crippen MR) is 135 cm³/mol. The van der Waals surface area contributed by atoms with Gasteiger partial charge in [0.15, 0.2) is 5.69 Å². The number of aromatic nitrogens is 4. The maximum absolute atomic E-state index is 13.3. The highest BCUT2D eigenvalue weighted by Crippen LogP contribution is 2.45. The van der Waals surface area contributed by atoms with Crippen LogP contribution >= 0.6 is 11.3 Å². The van der Waals surface area contributed by atoms with Crippen molar-refractivity contribution in [1.29, 1.82) is 0 Å². The summed E-state index contributed by atoms with van der Waals surface area (Å²) in [6.45, 7) is 1.88. The Kier molecular flexibility index (Phi) is 6.01. The molecule has 0 saturated carbocycles. The maximum Gasteiger partial charge on any atom is 0.409 e. The molecule has 12 heteroatoms. The van der Waals surface area contributed by atoms with Crippen LogP contribution in [0, 0.1) is 0 Å². The number of cyclic esters (lactones) is 1. The van der Waals surface area contributed by atoms with E-state index >= 15 is 0 Å². The van der Waals surface area contributed by atoms with Crippen molar-refractivity contribution in [3.05, 3.63) is 52.6 Å². The summed E-state index contributed by atoms with van der Waals surface area (Å²) >= 11 is 1.55. The number of ether oxygens (including phenoxy) is 3. The summed E-state index contributed by atoms with van der Waals surface area (Å²) in [5, 5.41) is 18.5. The summed E-state index contributed by atoms with van der Waals surface area (Å²) in [5.41, 5.74) is 5.12. The molecule has 0 atom stereocenters. The van der Waals surface area contributed by atoms with Gasteiger partial charge in [-0.2, -0.15) is 21.5 Å². The number of amides is 2. The number of carbonyl (C=O) groups excluding carboxylic acids is 2. The molecule has 190 valence electrons. The topological polar surface area (TPSA) is 124 Å². The van der Waals surface area contributed by atoms with Crippen molar-refractivity contribution >= 4 is 23.3 Å². The lowest BCUT2D eigenvalue weighted by molar-refractivity contribution is 0.0719. The van der Waals surface area contributed by atoms with Crippen LogP contribution in [0.1, 0.15) is 22.5 Å². The van der Waals surface area contributed by atoms with Crippen molar-refractivity contribution in [1.82, 2.24) is 30.2 Å². The summed E-state index contributed by atoms with van der Waals surface area (Å²) < 4.78 is 18.6. The van der Waals surface area contributed by atoms with Gasteiger partial charge in [0.05, 0.1) is 31.3 Å². The highest BCUT2D eigenvalue weighted by Gasteiger charge is 2.31. The molecule has 0 bridgehead atoms. The first-order chi connectivity index (χ1) is 18.1. The number of H-pyrrole nitrogens is 1. The maximum atomic E-state index is 13.3. The molecule has 0 spiro atoms. The van der Waals surface area contributed by atoms with Gasteiger partial charge in [0.2, 0.25) is 0 Å². The first-order valence-corrected chi connectivity index (χ1v) is 12.8. The van der Waals surface area contributed by atoms with Crippen molar-refractivity contribution in [2.45, 2.75) is 13.0 Å². The Hall–Kier alpha value is -4.32. The molecule has 2 aliphatic heterocycles. The van der Waals surface area contributed by atoms with E-state index in [1.807, 2.05) is 29.0 Å². The van der Waals surface area contributed by atoms with Gasteiger partial charge in [-0.3, -0.25) is 9.89 Å². The summed E-state index contributed by atoms with van der Waals surface area (Å²) in [5.74, 6) is 0.967. The van der Waals surface area contributed by atoms with E-state index in [9.17, 15) is 9.59 Å². The minimum atomic E-state index is -0.353. The average molecular weight is 521 g/mol. The fourth-order valence-electron chi connectivity index (χ4n) is 4.61. The van der Waals surface area contributed by atoms with Crippen LogP contribution in [-0.4, -0.2) is 70.2 Å². The minimum Gasteiger partial charge on any atom is -0.496 e. The molecule has 6 rings (SSSR count). The number of hydrogen-bond acceptors (Lipinski definition) is 8. The third-order valence-corrected chi connectivity index (χ3v) is 7.08. The lowest BCUT2D eigenvalue weighted by atomic mass is 9.97. The van der Waals surface area contributed by atoms with Crippen molar-refractivity contribution in [2.24, 2.45) is 0 Å². The molecule has 0 unspecified atom stereocenters. The number of hydrogen-bond donors (Lipinski definition) is 2. The van der Waals surface area contributed by atoms with Crippen LogP contribution < -0.4 is 14.8 Å². The average Bonchev–Trinajstić information content (AvgIpc) is 3.70. The van der Waals surface area contributed by atoms with Gasteiger partial charge >= 0.3 is 6.09 Å². The fraction of sp³-hybridized carbons (Fsp3) is 0.280. The molecule has 0 radical (unpaired) electrons. The zero-order valence-corrected chi connectivity index (χ0v) is 20.8. The van der Waals surface area contributed by atoms with Gasteiger partial charge in [-0.1, -0.05) is 0 Å². The number of benzene rings is 1. The van der Waals surface area contributed by atoms with E-state index in [0.29, 0.717) is 36.8 Å². The molecule has 2 N–H and O–H groups in total. The number of fused-ring (bicyclic) bond motifs is 3. The first kappa shape index (κ1) is 23.1. The largest absolute Gasteiger partial charge is 0.496 e. The summed E-state index contributed by atoms with van der Waals surface area (Å²) in [6.07, 6.45) is 3.94. The Morgan fingerprint density at radius 2 is 2.22 bits per heavy atom. The van der Waals surface area contributed by atoms with Crippen LogP contribution in [0.25, 0.3) is 28.1 Å². The van der Waals surface area contributed by atoms with Crippen molar-refractivity contribution in [3.8, 4) is 39.6 Å². The Bertz CT molecular complexity index is 1450. The van der Waals surface area contributed by atoms with Gasteiger partial charge in [-0.25, -0.2) is 9.48 Å². The van der Waals surface area contributed by atoms with Gasteiger partial charge in [-0.15, -0.1) is 0 Å². The van der Waals surface area contributed by atoms with Gasteiger partial charge in [0.1, 0.15) is 18.1 Å². The number of methoxy groups -OCH3 is 1. The molecule has 11 nitrogen and oxygen atoms in total. The number of aromatic amines is 1. The van der Waals surface area contributed by atoms with Gasteiger partial charge < -0.3 is 24.4 Å². The number of thiophene rings is 1. The van der Waals surface area contributed by atoms with E-state index < -0.39 is 0 Å². The van der Waals surface area contributed by atoms with Gasteiger partial charge in [-0.05, 0) is 23.9 Å². The van der Waals surface area contributed by atoms with E-state index in [1.165, 1.54) is 0 Å². The second kappa shape index (κ2) is 9.62. The molecule has 1 saturated heterocycles. The lowest BCUT2D eigenvalue weighted by Crippen LogP contribution is -2.42. The van der Waals surface area contributed by atoms with Crippen molar-refractivity contribution in [3.63, 3.8) is 0 Å². The van der Waals surface area contributed by atoms with Gasteiger partial charge in [0.25, 0.3) is 5.91 Å². The highest BCUT2D eigenvalue weighted by atomic mass is 32.1. The van der Waals surface area contributed by atoms with Crippen LogP contribution in [-0.2, 0) is 11.3 Å². The Morgan fingerprint density at radius 3 is 2.97 bits per heavy atom. The Balaban J connectivity index is 1.37. The molecule has 2 amide bonds. The second-order valence-corrected chi connectivity index (χ2v) is 9.38. The number of nitrogens with one attached hydrogen (secondary N) is 2. The van der Waals surface area contributed by atoms with E-state index in [2.05, 4.69) is 15.5 Å². The Labute approximate surface area is 215 Å². The number of carbonyl (C=O) groups is 2. The fourth-order valence-corrected chi connectivity index (χ4v) is 5.22. The van der Waals surface area contributed by atoms with E-state index in [0.717, 1.165) is 34.5 Å². The molecule has 0 aliphatic carbocycles. The molecule has 4 aromatic rings. The van der Waals surface area contributed by atoms with Crippen LogP contribution in [0.15, 0.2) is 41.4 Å². The Morgan fingerprint density at radius 1 is 1.30 bits per heavy atom. The monoisotopic (exact) mass is 520 g/mol.